The number of hydrogen-bond donors (Lipinski definition) is 0. The Balaban J connectivity index is 0.00000121. The van der Waals surface area contributed by atoms with Crippen LogP contribution in [0.1, 0.15) is 26.5 Å². The van der Waals surface area contributed by atoms with Gasteiger partial charge in [-0.2, -0.15) is 0 Å². The van der Waals surface area contributed by atoms with E-state index in [0.29, 0.717) is 0 Å². The van der Waals surface area contributed by atoms with Crippen molar-refractivity contribution in [2.75, 3.05) is 40.3 Å². The fourth-order valence-electron chi connectivity index (χ4n) is 1.41. The van der Waals surface area contributed by atoms with Gasteiger partial charge in [-0.05, 0) is 20.6 Å². The van der Waals surface area contributed by atoms with Crippen molar-refractivity contribution in [3.8, 4) is 0 Å². The van der Waals surface area contributed by atoms with Gasteiger partial charge in [-0.15, -0.1) is 0 Å². The molecular formula is C13H27N3O. The average molecular weight is 241 g/mol. The summed E-state index contributed by atoms with van der Waals surface area (Å²) in [5, 5.41) is 3.91. The minimum Gasteiger partial charge on any atom is -0.365 e. The van der Waals surface area contributed by atoms with E-state index < -0.39 is 0 Å². The number of likely N-dealkylation sites (N-methyl/N-ethyl adjacent to an activating group) is 2. The molecule has 0 atom stereocenters. The molecule has 0 saturated carbocycles. The maximum atomic E-state index is 4.80. The predicted octanol–water partition coefficient (Wildman–Crippen LogP) is 2.13. The van der Waals surface area contributed by atoms with Crippen molar-refractivity contribution < 1.29 is 4.52 Å². The molecule has 0 amide bonds. The second kappa shape index (κ2) is 10.3. The van der Waals surface area contributed by atoms with E-state index in [1.54, 1.807) is 6.26 Å². The third-order valence-corrected chi connectivity index (χ3v) is 2.49. The van der Waals surface area contributed by atoms with Crippen LogP contribution in [0.4, 0.5) is 0 Å². The summed E-state index contributed by atoms with van der Waals surface area (Å²) >= 11 is 0. The van der Waals surface area contributed by atoms with Crippen molar-refractivity contribution in [2.24, 2.45) is 0 Å². The molecule has 0 saturated heterocycles. The summed E-state index contributed by atoms with van der Waals surface area (Å²) in [6.45, 7) is 10.6. The van der Waals surface area contributed by atoms with E-state index in [0.717, 1.165) is 38.3 Å². The van der Waals surface area contributed by atoms with E-state index in [9.17, 15) is 0 Å². The van der Waals surface area contributed by atoms with Crippen LogP contribution in [0, 0.1) is 0 Å². The normalized spacial score (nSPS) is 10.5. The van der Waals surface area contributed by atoms with Crippen LogP contribution in [0.2, 0.25) is 0 Å². The Kier molecular flexibility index (Phi) is 9.77. The highest BCUT2D eigenvalue weighted by Crippen LogP contribution is 1.98. The summed E-state index contributed by atoms with van der Waals surface area (Å²) in [6.07, 6.45) is 2.60. The highest BCUT2D eigenvalue weighted by Gasteiger charge is 2.04. The third-order valence-electron chi connectivity index (χ3n) is 2.49. The largest absolute Gasteiger partial charge is 0.365 e. The Labute approximate surface area is 106 Å². The van der Waals surface area contributed by atoms with Crippen LogP contribution in [0.15, 0.2) is 16.9 Å². The fourth-order valence-corrected chi connectivity index (χ4v) is 1.41. The van der Waals surface area contributed by atoms with Crippen LogP contribution in [0.5, 0.6) is 0 Å². The molecule has 0 aromatic carbocycles. The van der Waals surface area contributed by atoms with Gasteiger partial charge in [0.15, 0.2) is 0 Å². The molecule has 0 fully saturated rings. The smallest absolute Gasteiger partial charge is 0.124 e. The van der Waals surface area contributed by atoms with Crippen molar-refractivity contribution in [3.05, 3.63) is 18.0 Å². The van der Waals surface area contributed by atoms with Gasteiger partial charge in [0.25, 0.3) is 0 Å². The van der Waals surface area contributed by atoms with E-state index in [2.05, 4.69) is 36.0 Å². The van der Waals surface area contributed by atoms with Crippen molar-refractivity contribution in [3.63, 3.8) is 0 Å². The topological polar surface area (TPSA) is 32.5 Å². The lowest BCUT2D eigenvalue weighted by Crippen LogP contribution is -2.33. The van der Waals surface area contributed by atoms with Crippen LogP contribution in [0.25, 0.3) is 0 Å². The van der Waals surface area contributed by atoms with E-state index >= 15 is 0 Å². The summed E-state index contributed by atoms with van der Waals surface area (Å²) < 4.78 is 4.80. The fraction of sp³-hybridized carbons (Fsp3) is 0.769. The van der Waals surface area contributed by atoms with Gasteiger partial charge in [0, 0.05) is 32.1 Å². The highest BCUT2D eigenvalue weighted by atomic mass is 16.5. The second-order valence-electron chi connectivity index (χ2n) is 3.98. The standard InChI is InChI=1S/C11H21N3O.C2H6/c1-4-14(9-8-13(2)3)7-5-11-6-10-15-12-11;1-2/h6,10H,4-5,7-9H2,1-3H3;1-2H3. The first-order valence-corrected chi connectivity index (χ1v) is 6.48. The van der Waals surface area contributed by atoms with Crippen molar-refractivity contribution in [2.45, 2.75) is 27.2 Å². The molecule has 0 aliphatic heterocycles. The quantitative estimate of drug-likeness (QED) is 0.732. The first-order valence-electron chi connectivity index (χ1n) is 6.48. The van der Waals surface area contributed by atoms with Gasteiger partial charge in [-0.25, -0.2) is 0 Å². The van der Waals surface area contributed by atoms with Crippen LogP contribution < -0.4 is 0 Å². The Morgan fingerprint density at radius 2 is 1.88 bits per heavy atom. The molecule has 4 heteroatoms. The van der Waals surface area contributed by atoms with Crippen LogP contribution in [0.3, 0.4) is 0 Å². The van der Waals surface area contributed by atoms with Gasteiger partial charge in [0.2, 0.25) is 0 Å². The average Bonchev–Trinajstić information content (AvgIpc) is 2.84. The predicted molar refractivity (Wildman–Crippen MR) is 72.2 cm³/mol. The van der Waals surface area contributed by atoms with Gasteiger partial charge < -0.3 is 14.3 Å². The molecule has 17 heavy (non-hydrogen) atoms. The summed E-state index contributed by atoms with van der Waals surface area (Å²) in [6, 6.07) is 1.93. The van der Waals surface area contributed by atoms with Crippen molar-refractivity contribution >= 4 is 0 Å². The Morgan fingerprint density at radius 1 is 1.18 bits per heavy atom. The summed E-state index contributed by atoms with van der Waals surface area (Å²) in [5.74, 6) is 0. The second-order valence-corrected chi connectivity index (χ2v) is 3.98. The first kappa shape index (κ1) is 16.1. The molecule has 0 aliphatic rings. The molecular weight excluding hydrogens is 214 g/mol. The van der Waals surface area contributed by atoms with Gasteiger partial charge in [-0.1, -0.05) is 25.9 Å². The molecule has 0 bridgehead atoms. The lowest BCUT2D eigenvalue weighted by molar-refractivity contribution is 0.251. The molecule has 1 aromatic heterocycles. The van der Waals surface area contributed by atoms with Crippen LogP contribution >= 0.6 is 0 Å². The number of nitrogens with zero attached hydrogens (tertiary/aromatic N) is 3. The van der Waals surface area contributed by atoms with Gasteiger partial charge in [0.05, 0.1) is 5.69 Å². The number of aromatic nitrogens is 1. The maximum absolute atomic E-state index is 4.80. The molecule has 1 aromatic rings. The van der Waals surface area contributed by atoms with E-state index in [1.807, 2.05) is 19.9 Å². The van der Waals surface area contributed by atoms with E-state index in [-0.39, 0.29) is 0 Å². The maximum Gasteiger partial charge on any atom is 0.124 e. The monoisotopic (exact) mass is 241 g/mol. The zero-order valence-electron chi connectivity index (χ0n) is 11.9. The third kappa shape index (κ3) is 7.94. The SMILES string of the molecule is CC.CCN(CCc1ccon1)CCN(C)C. The minimum atomic E-state index is 0.970. The number of hydrogen-bond acceptors (Lipinski definition) is 4. The zero-order chi connectivity index (χ0) is 13.1. The number of rotatable bonds is 7. The van der Waals surface area contributed by atoms with E-state index in [4.69, 9.17) is 4.52 Å². The van der Waals surface area contributed by atoms with Crippen LogP contribution in [-0.2, 0) is 6.42 Å². The van der Waals surface area contributed by atoms with E-state index in [1.165, 1.54) is 0 Å². The van der Waals surface area contributed by atoms with Crippen molar-refractivity contribution in [1.82, 2.24) is 15.0 Å². The van der Waals surface area contributed by atoms with Crippen LogP contribution in [-0.4, -0.2) is 55.2 Å². The Bertz CT molecular complexity index is 247. The molecule has 0 spiro atoms. The lowest BCUT2D eigenvalue weighted by Gasteiger charge is -2.21. The first-order chi connectivity index (χ1) is 8.22. The summed E-state index contributed by atoms with van der Waals surface area (Å²) in [4.78, 5) is 4.63. The molecule has 0 radical (unpaired) electrons. The molecule has 0 aliphatic carbocycles. The summed E-state index contributed by atoms with van der Waals surface area (Å²) in [7, 11) is 4.21. The molecule has 4 nitrogen and oxygen atoms in total. The molecule has 100 valence electrons. The Morgan fingerprint density at radius 3 is 2.35 bits per heavy atom. The molecule has 1 heterocycles. The zero-order valence-corrected chi connectivity index (χ0v) is 11.9. The summed E-state index contributed by atoms with van der Waals surface area (Å²) in [5.41, 5.74) is 1.04. The molecule has 1 rings (SSSR count). The lowest BCUT2D eigenvalue weighted by atomic mass is 10.3. The van der Waals surface area contributed by atoms with Crippen molar-refractivity contribution in [1.29, 1.82) is 0 Å². The Hall–Kier alpha value is -0.870. The molecule has 0 N–H and O–H groups in total. The minimum absolute atomic E-state index is 0.970. The van der Waals surface area contributed by atoms with Gasteiger partial charge >= 0.3 is 0 Å². The molecule has 0 unspecified atom stereocenters. The highest BCUT2D eigenvalue weighted by molar-refractivity contribution is 4.95. The van der Waals surface area contributed by atoms with Gasteiger partial charge in [-0.3, -0.25) is 0 Å². The van der Waals surface area contributed by atoms with Gasteiger partial charge in [0.1, 0.15) is 6.26 Å².